The molecule has 1 fully saturated rings. The van der Waals surface area contributed by atoms with E-state index in [0.717, 1.165) is 17.9 Å². The minimum atomic E-state index is 0.201. The van der Waals surface area contributed by atoms with E-state index >= 15 is 0 Å². The minimum Gasteiger partial charge on any atom is -0.368 e. The Kier molecular flexibility index (Phi) is 4.53. The third kappa shape index (κ3) is 3.54. The molecular weight excluding hydrogens is 274 g/mol. The van der Waals surface area contributed by atoms with Gasteiger partial charge in [-0.25, -0.2) is 4.98 Å². The highest BCUT2D eigenvalue weighted by molar-refractivity contribution is 5.47. The van der Waals surface area contributed by atoms with Gasteiger partial charge in [0, 0.05) is 18.3 Å². The summed E-state index contributed by atoms with van der Waals surface area (Å²) in [5.41, 5.74) is 8.01. The lowest BCUT2D eigenvalue weighted by molar-refractivity contribution is 0.323. The molecule has 0 bridgehead atoms. The van der Waals surface area contributed by atoms with Crippen LogP contribution in [0.2, 0.25) is 0 Å². The molecule has 0 amide bonds. The number of nitrogens with zero attached hydrogens (tertiary/aromatic N) is 3. The summed E-state index contributed by atoms with van der Waals surface area (Å²) in [6.45, 7) is 5.33. The molecule has 1 aliphatic heterocycles. The Morgan fingerprint density at radius 2 is 1.95 bits per heavy atom. The van der Waals surface area contributed by atoms with Crippen LogP contribution in [0.3, 0.4) is 0 Å². The van der Waals surface area contributed by atoms with Gasteiger partial charge in [0.05, 0.1) is 6.04 Å². The smallest absolute Gasteiger partial charge is 0.221 e. The number of hydrogen-bond donors (Lipinski definition) is 2. The van der Waals surface area contributed by atoms with E-state index in [9.17, 15) is 0 Å². The quantitative estimate of drug-likeness (QED) is 0.888. The molecule has 3 N–H and O–H groups in total. The van der Waals surface area contributed by atoms with Crippen LogP contribution in [0.5, 0.6) is 0 Å². The summed E-state index contributed by atoms with van der Waals surface area (Å²) < 4.78 is 0. The molecule has 1 aromatic heterocycles. The standard InChI is InChI=1S/C17H23N5/c1-13-11-19-17(18)21-16(13)20-15(12-22-9-5-6-10-22)14-7-3-2-4-8-14/h2-4,7-8,11,15H,5-6,9-10,12H2,1H3,(H3,18,19,20,21)/t15-/m1/s1. The zero-order valence-electron chi connectivity index (χ0n) is 13.0. The molecule has 22 heavy (non-hydrogen) atoms. The van der Waals surface area contributed by atoms with Gasteiger partial charge in [0.1, 0.15) is 5.82 Å². The van der Waals surface area contributed by atoms with Gasteiger partial charge in [-0.2, -0.15) is 4.98 Å². The topological polar surface area (TPSA) is 67.1 Å². The summed E-state index contributed by atoms with van der Waals surface area (Å²) in [4.78, 5) is 10.9. The summed E-state index contributed by atoms with van der Waals surface area (Å²) in [7, 11) is 0. The maximum absolute atomic E-state index is 5.73. The fraction of sp³-hybridized carbons (Fsp3) is 0.412. The molecule has 1 saturated heterocycles. The molecule has 2 aromatic rings. The molecule has 1 aromatic carbocycles. The Balaban J connectivity index is 1.82. The van der Waals surface area contributed by atoms with E-state index in [4.69, 9.17) is 5.73 Å². The van der Waals surface area contributed by atoms with E-state index in [-0.39, 0.29) is 6.04 Å². The first-order chi connectivity index (χ1) is 10.7. The molecule has 5 nitrogen and oxygen atoms in total. The Morgan fingerprint density at radius 1 is 1.23 bits per heavy atom. The van der Waals surface area contributed by atoms with Crippen LogP contribution >= 0.6 is 0 Å². The van der Waals surface area contributed by atoms with Gasteiger partial charge in [-0.15, -0.1) is 0 Å². The Morgan fingerprint density at radius 3 is 2.68 bits per heavy atom. The lowest BCUT2D eigenvalue weighted by Gasteiger charge is -2.26. The van der Waals surface area contributed by atoms with Crippen molar-refractivity contribution >= 4 is 11.8 Å². The van der Waals surface area contributed by atoms with Crippen molar-refractivity contribution in [2.45, 2.75) is 25.8 Å². The third-order valence-electron chi connectivity index (χ3n) is 4.14. The molecule has 1 atom stereocenters. The molecule has 2 heterocycles. The molecule has 1 aliphatic rings. The van der Waals surface area contributed by atoms with Crippen molar-refractivity contribution in [3.05, 3.63) is 47.7 Å². The molecule has 5 heteroatoms. The second-order valence-corrected chi connectivity index (χ2v) is 5.88. The maximum Gasteiger partial charge on any atom is 0.221 e. The van der Waals surface area contributed by atoms with E-state index in [1.165, 1.54) is 31.5 Å². The van der Waals surface area contributed by atoms with Gasteiger partial charge in [-0.05, 0) is 38.4 Å². The number of nitrogens with one attached hydrogen (secondary N) is 1. The third-order valence-corrected chi connectivity index (χ3v) is 4.14. The first-order valence-corrected chi connectivity index (χ1v) is 7.85. The summed E-state index contributed by atoms with van der Waals surface area (Å²) in [5, 5.41) is 3.56. The second-order valence-electron chi connectivity index (χ2n) is 5.88. The van der Waals surface area contributed by atoms with Crippen LogP contribution in [0.15, 0.2) is 36.5 Å². The predicted molar refractivity (Wildman–Crippen MR) is 89.7 cm³/mol. The van der Waals surface area contributed by atoms with E-state index in [1.807, 2.05) is 13.0 Å². The van der Waals surface area contributed by atoms with Gasteiger partial charge < -0.3 is 16.0 Å². The molecule has 3 rings (SSSR count). The van der Waals surface area contributed by atoms with E-state index < -0.39 is 0 Å². The number of likely N-dealkylation sites (tertiary alicyclic amines) is 1. The maximum atomic E-state index is 5.73. The summed E-state index contributed by atoms with van der Waals surface area (Å²) >= 11 is 0. The molecule has 0 spiro atoms. The summed E-state index contributed by atoms with van der Waals surface area (Å²) in [6.07, 6.45) is 4.35. The molecule has 116 valence electrons. The average molecular weight is 297 g/mol. The minimum absolute atomic E-state index is 0.201. The largest absolute Gasteiger partial charge is 0.368 e. The Bertz CT molecular complexity index is 608. The number of aryl methyl sites for hydroxylation is 1. The number of hydrogen-bond acceptors (Lipinski definition) is 5. The van der Waals surface area contributed by atoms with Crippen LogP contribution < -0.4 is 11.1 Å². The van der Waals surface area contributed by atoms with Crippen molar-refractivity contribution in [2.24, 2.45) is 0 Å². The Hall–Kier alpha value is -2.14. The molecular formula is C17H23N5. The van der Waals surface area contributed by atoms with Crippen molar-refractivity contribution in [1.82, 2.24) is 14.9 Å². The zero-order chi connectivity index (χ0) is 15.4. The molecule has 0 unspecified atom stereocenters. The van der Waals surface area contributed by atoms with E-state index in [2.05, 4.69) is 44.5 Å². The average Bonchev–Trinajstić information content (AvgIpc) is 3.04. The predicted octanol–water partition coefficient (Wildman–Crippen LogP) is 2.62. The van der Waals surface area contributed by atoms with Crippen molar-refractivity contribution in [3.8, 4) is 0 Å². The highest BCUT2D eigenvalue weighted by atomic mass is 15.2. The monoisotopic (exact) mass is 297 g/mol. The first-order valence-electron chi connectivity index (χ1n) is 7.85. The van der Waals surface area contributed by atoms with Crippen molar-refractivity contribution in [2.75, 3.05) is 30.7 Å². The number of benzene rings is 1. The van der Waals surface area contributed by atoms with E-state index in [0.29, 0.717) is 5.95 Å². The SMILES string of the molecule is Cc1cnc(N)nc1N[C@H](CN1CCCC1)c1ccccc1. The normalized spacial score (nSPS) is 16.6. The second kappa shape index (κ2) is 6.75. The van der Waals surface area contributed by atoms with Gasteiger partial charge in [0.2, 0.25) is 5.95 Å². The number of nitrogens with two attached hydrogens (primary N) is 1. The highest BCUT2D eigenvalue weighted by Gasteiger charge is 2.20. The van der Waals surface area contributed by atoms with Crippen molar-refractivity contribution < 1.29 is 0 Å². The fourth-order valence-electron chi connectivity index (χ4n) is 2.91. The van der Waals surface area contributed by atoms with Gasteiger partial charge in [0.25, 0.3) is 0 Å². The van der Waals surface area contributed by atoms with Crippen LogP contribution in [0, 0.1) is 6.92 Å². The molecule has 0 radical (unpaired) electrons. The van der Waals surface area contributed by atoms with Gasteiger partial charge >= 0.3 is 0 Å². The van der Waals surface area contributed by atoms with Crippen LogP contribution in [-0.4, -0.2) is 34.5 Å². The Labute approximate surface area is 131 Å². The van der Waals surface area contributed by atoms with Crippen LogP contribution in [0.25, 0.3) is 0 Å². The lowest BCUT2D eigenvalue weighted by Crippen LogP contribution is -2.30. The van der Waals surface area contributed by atoms with Gasteiger partial charge in [-0.1, -0.05) is 30.3 Å². The summed E-state index contributed by atoms with van der Waals surface area (Å²) in [6, 6.07) is 10.7. The lowest BCUT2D eigenvalue weighted by atomic mass is 10.1. The van der Waals surface area contributed by atoms with Gasteiger partial charge in [-0.3, -0.25) is 0 Å². The first kappa shape index (κ1) is 14.8. The number of nitrogen functional groups attached to an aromatic ring is 1. The zero-order valence-corrected chi connectivity index (χ0v) is 13.0. The molecule has 0 aliphatic carbocycles. The van der Waals surface area contributed by atoms with Crippen LogP contribution in [0.1, 0.15) is 30.0 Å². The van der Waals surface area contributed by atoms with Crippen LogP contribution in [-0.2, 0) is 0 Å². The summed E-state index contributed by atoms with van der Waals surface area (Å²) in [5.74, 6) is 1.13. The van der Waals surface area contributed by atoms with E-state index in [1.54, 1.807) is 6.20 Å². The fourth-order valence-corrected chi connectivity index (χ4v) is 2.91. The number of aromatic nitrogens is 2. The van der Waals surface area contributed by atoms with Crippen molar-refractivity contribution in [1.29, 1.82) is 0 Å². The van der Waals surface area contributed by atoms with Crippen LogP contribution in [0.4, 0.5) is 11.8 Å². The molecule has 0 saturated carbocycles. The van der Waals surface area contributed by atoms with Gasteiger partial charge in [0.15, 0.2) is 0 Å². The highest BCUT2D eigenvalue weighted by Crippen LogP contribution is 2.23. The van der Waals surface area contributed by atoms with Crippen molar-refractivity contribution in [3.63, 3.8) is 0 Å². The number of rotatable bonds is 5. The number of anilines is 2.